The van der Waals surface area contributed by atoms with Gasteiger partial charge in [0, 0.05) is 45.7 Å². The summed E-state index contributed by atoms with van der Waals surface area (Å²) < 4.78 is 4.64. The second kappa shape index (κ2) is 8.70. The molecule has 3 heterocycles. The van der Waals surface area contributed by atoms with Gasteiger partial charge in [-0.05, 0) is 33.1 Å². The van der Waals surface area contributed by atoms with E-state index in [0.717, 1.165) is 25.0 Å². The predicted octanol–water partition coefficient (Wildman–Crippen LogP) is 1.20. The topological polar surface area (TPSA) is 91.1 Å². The largest absolute Gasteiger partial charge is 0.341 e. The van der Waals surface area contributed by atoms with Gasteiger partial charge in [-0.1, -0.05) is 11.6 Å². The Morgan fingerprint density at radius 1 is 1.34 bits per heavy atom. The van der Waals surface area contributed by atoms with E-state index in [-0.39, 0.29) is 17.3 Å². The molecule has 0 aromatic carbocycles. The number of fused-ring (bicyclic) bond motifs is 1. The maximum atomic E-state index is 13.3. The fourth-order valence-corrected chi connectivity index (χ4v) is 3.78. The Balaban J connectivity index is 2.22. The van der Waals surface area contributed by atoms with Crippen LogP contribution in [0.2, 0.25) is 0 Å². The molecule has 29 heavy (non-hydrogen) atoms. The SMILES string of the molecule is C#CCCCn1c(=O)c2c(nc(N3CCCC(N)C3)n2CC=C(C)C)n(C)c1=O. The molecule has 2 aromatic heterocycles. The molecule has 2 N–H and O–H groups in total. The molecule has 0 amide bonds. The highest BCUT2D eigenvalue weighted by molar-refractivity contribution is 5.74. The van der Waals surface area contributed by atoms with Crippen LogP contribution < -0.4 is 21.9 Å². The first kappa shape index (κ1) is 20.9. The number of unbranched alkanes of at least 4 members (excludes halogenated alkanes) is 1. The molecule has 1 saturated heterocycles. The highest BCUT2D eigenvalue weighted by atomic mass is 16.2. The zero-order valence-electron chi connectivity index (χ0n) is 17.5. The third-order valence-electron chi connectivity index (χ3n) is 5.34. The fourth-order valence-electron chi connectivity index (χ4n) is 3.78. The summed E-state index contributed by atoms with van der Waals surface area (Å²) in [7, 11) is 1.66. The number of aryl methyl sites for hydroxylation is 1. The van der Waals surface area contributed by atoms with Crippen molar-refractivity contribution in [3.05, 3.63) is 32.5 Å². The van der Waals surface area contributed by atoms with Gasteiger partial charge < -0.3 is 15.2 Å². The van der Waals surface area contributed by atoms with Crippen molar-refractivity contribution in [3.8, 4) is 12.3 Å². The Morgan fingerprint density at radius 2 is 2.10 bits per heavy atom. The van der Waals surface area contributed by atoms with Crippen molar-refractivity contribution in [3.63, 3.8) is 0 Å². The summed E-state index contributed by atoms with van der Waals surface area (Å²) in [5.41, 5.74) is 7.49. The molecule has 3 rings (SSSR count). The molecule has 8 heteroatoms. The van der Waals surface area contributed by atoms with Crippen LogP contribution in [0.25, 0.3) is 11.2 Å². The van der Waals surface area contributed by atoms with Crippen molar-refractivity contribution < 1.29 is 0 Å². The second-order valence-electron chi connectivity index (χ2n) is 7.93. The first-order valence-electron chi connectivity index (χ1n) is 10.1. The fraction of sp³-hybridized carbons (Fsp3) is 0.571. The smallest absolute Gasteiger partial charge is 0.332 e. The van der Waals surface area contributed by atoms with Gasteiger partial charge in [-0.25, -0.2) is 4.79 Å². The molecule has 1 fully saturated rings. The number of nitrogens with zero attached hydrogens (tertiary/aromatic N) is 5. The van der Waals surface area contributed by atoms with Crippen LogP contribution in [0, 0.1) is 12.3 Å². The van der Waals surface area contributed by atoms with E-state index in [1.165, 1.54) is 9.13 Å². The van der Waals surface area contributed by atoms with Crippen molar-refractivity contribution in [1.82, 2.24) is 18.7 Å². The number of terminal acetylenes is 1. The van der Waals surface area contributed by atoms with Gasteiger partial charge in [-0.15, -0.1) is 12.3 Å². The summed E-state index contributed by atoms with van der Waals surface area (Å²) in [5, 5.41) is 0. The number of allylic oxidation sites excluding steroid dienone is 2. The molecular weight excluding hydrogens is 368 g/mol. The van der Waals surface area contributed by atoms with Crippen molar-refractivity contribution in [1.29, 1.82) is 0 Å². The minimum absolute atomic E-state index is 0.0738. The average molecular weight is 399 g/mol. The maximum absolute atomic E-state index is 13.3. The molecule has 2 aromatic rings. The average Bonchev–Trinajstić information content (AvgIpc) is 3.07. The van der Waals surface area contributed by atoms with Gasteiger partial charge in [0.25, 0.3) is 5.56 Å². The molecule has 0 saturated carbocycles. The standard InChI is InChI=1S/C21H30N6O2/c1-5-6-7-12-27-19(28)17-18(24(4)21(27)29)23-20(26(17)13-10-15(2)3)25-11-8-9-16(22)14-25/h1,10,16H,6-9,11-14,22H2,2-4H3. The summed E-state index contributed by atoms with van der Waals surface area (Å²) in [6.45, 7) is 6.35. The van der Waals surface area contributed by atoms with Gasteiger partial charge in [0.05, 0.1) is 0 Å². The van der Waals surface area contributed by atoms with Crippen molar-refractivity contribution >= 4 is 17.1 Å². The zero-order valence-corrected chi connectivity index (χ0v) is 17.5. The summed E-state index contributed by atoms with van der Waals surface area (Å²) in [5.74, 6) is 3.25. The molecule has 0 bridgehead atoms. The quantitative estimate of drug-likeness (QED) is 0.449. The van der Waals surface area contributed by atoms with E-state index in [1.807, 2.05) is 18.4 Å². The first-order chi connectivity index (χ1) is 13.8. The number of hydrogen-bond acceptors (Lipinski definition) is 5. The number of imidazole rings is 1. The Kier molecular flexibility index (Phi) is 6.28. The lowest BCUT2D eigenvalue weighted by atomic mass is 10.1. The summed E-state index contributed by atoms with van der Waals surface area (Å²) >= 11 is 0. The molecule has 1 unspecified atom stereocenters. The van der Waals surface area contributed by atoms with Gasteiger partial charge in [0.15, 0.2) is 11.2 Å². The van der Waals surface area contributed by atoms with E-state index >= 15 is 0 Å². The number of anilines is 1. The van der Waals surface area contributed by atoms with Crippen LogP contribution in [0.15, 0.2) is 21.2 Å². The van der Waals surface area contributed by atoms with E-state index in [2.05, 4.69) is 16.9 Å². The monoisotopic (exact) mass is 398 g/mol. The zero-order chi connectivity index (χ0) is 21.1. The number of aromatic nitrogens is 4. The van der Waals surface area contributed by atoms with Gasteiger partial charge >= 0.3 is 5.69 Å². The van der Waals surface area contributed by atoms with Crippen LogP contribution >= 0.6 is 0 Å². The maximum Gasteiger partial charge on any atom is 0.332 e. The molecule has 0 aliphatic carbocycles. The lowest BCUT2D eigenvalue weighted by Crippen LogP contribution is -2.44. The Morgan fingerprint density at radius 3 is 2.76 bits per heavy atom. The van der Waals surface area contributed by atoms with Crippen LogP contribution in [0.5, 0.6) is 0 Å². The molecule has 1 aliphatic heterocycles. The summed E-state index contributed by atoms with van der Waals surface area (Å²) in [6, 6.07) is 0.0738. The van der Waals surface area contributed by atoms with Crippen LogP contribution in [-0.2, 0) is 20.1 Å². The molecule has 1 aliphatic rings. The third kappa shape index (κ3) is 4.15. The van der Waals surface area contributed by atoms with Crippen molar-refractivity contribution in [2.45, 2.75) is 58.7 Å². The van der Waals surface area contributed by atoms with E-state index in [9.17, 15) is 9.59 Å². The highest BCUT2D eigenvalue weighted by Gasteiger charge is 2.25. The van der Waals surface area contributed by atoms with Gasteiger partial charge in [0.2, 0.25) is 5.95 Å². The lowest BCUT2D eigenvalue weighted by molar-refractivity contribution is 0.495. The Hall–Kier alpha value is -2.79. The van der Waals surface area contributed by atoms with E-state index < -0.39 is 0 Å². The normalized spacial score (nSPS) is 16.8. The van der Waals surface area contributed by atoms with E-state index in [4.69, 9.17) is 17.1 Å². The molecule has 8 nitrogen and oxygen atoms in total. The van der Waals surface area contributed by atoms with Crippen LogP contribution in [0.4, 0.5) is 5.95 Å². The molecule has 0 radical (unpaired) electrons. The Bertz CT molecular complexity index is 1080. The first-order valence-corrected chi connectivity index (χ1v) is 10.1. The molecular formula is C21H30N6O2. The second-order valence-corrected chi connectivity index (χ2v) is 7.93. The summed E-state index contributed by atoms with van der Waals surface area (Å²) in [4.78, 5) is 32.9. The molecule has 156 valence electrons. The lowest BCUT2D eigenvalue weighted by Gasteiger charge is -2.31. The van der Waals surface area contributed by atoms with Gasteiger partial charge in [-0.3, -0.25) is 13.9 Å². The third-order valence-corrected chi connectivity index (χ3v) is 5.34. The number of nitrogens with two attached hydrogens (primary N) is 1. The van der Waals surface area contributed by atoms with E-state index in [1.54, 1.807) is 7.05 Å². The van der Waals surface area contributed by atoms with Crippen molar-refractivity contribution in [2.75, 3.05) is 18.0 Å². The van der Waals surface area contributed by atoms with E-state index in [0.29, 0.717) is 49.6 Å². The predicted molar refractivity (Wildman–Crippen MR) is 116 cm³/mol. The van der Waals surface area contributed by atoms with Crippen LogP contribution in [-0.4, -0.2) is 37.8 Å². The number of rotatable bonds is 6. The van der Waals surface area contributed by atoms with Crippen molar-refractivity contribution in [2.24, 2.45) is 12.8 Å². The van der Waals surface area contributed by atoms with Crippen LogP contribution in [0.3, 0.4) is 0 Å². The highest BCUT2D eigenvalue weighted by Crippen LogP contribution is 2.23. The minimum atomic E-state index is -0.367. The summed E-state index contributed by atoms with van der Waals surface area (Å²) in [6.07, 6.45) is 10.4. The Labute approximate surface area is 170 Å². The number of piperidine rings is 1. The van der Waals surface area contributed by atoms with Gasteiger partial charge in [0.1, 0.15) is 0 Å². The minimum Gasteiger partial charge on any atom is -0.341 e. The molecule has 0 spiro atoms. The number of hydrogen-bond donors (Lipinski definition) is 1. The van der Waals surface area contributed by atoms with Crippen LogP contribution in [0.1, 0.15) is 39.5 Å². The van der Waals surface area contributed by atoms with Gasteiger partial charge in [-0.2, -0.15) is 4.98 Å². The molecule has 1 atom stereocenters.